The number of fused-ring (bicyclic) bond motifs is 1. The van der Waals surface area contributed by atoms with Crippen molar-refractivity contribution in [3.8, 4) is 5.75 Å². The van der Waals surface area contributed by atoms with Crippen LogP contribution in [0.3, 0.4) is 0 Å². The third-order valence-electron chi connectivity index (χ3n) is 5.47. The fourth-order valence-electron chi connectivity index (χ4n) is 4.28. The molecule has 2 aliphatic rings. The van der Waals surface area contributed by atoms with Crippen LogP contribution < -0.4 is 4.74 Å². The molecule has 0 bridgehead atoms. The van der Waals surface area contributed by atoms with Crippen molar-refractivity contribution in [1.29, 1.82) is 0 Å². The van der Waals surface area contributed by atoms with Gasteiger partial charge >= 0.3 is 0 Å². The lowest BCUT2D eigenvalue weighted by Crippen LogP contribution is -2.43. The maximum absolute atomic E-state index is 10.5. The number of aliphatic hydroxyl groups is 1. The molecule has 0 saturated heterocycles. The van der Waals surface area contributed by atoms with Crippen LogP contribution in [-0.4, -0.2) is 24.4 Å². The van der Waals surface area contributed by atoms with E-state index in [1.165, 1.54) is 23.1 Å². The minimum atomic E-state index is -0.267. The molecule has 2 aliphatic carbocycles. The molecule has 3 rings (SSSR count). The van der Waals surface area contributed by atoms with Gasteiger partial charge < -0.3 is 14.6 Å². The summed E-state index contributed by atoms with van der Waals surface area (Å²) >= 11 is 0. The zero-order valence-corrected chi connectivity index (χ0v) is 14.4. The zero-order valence-electron chi connectivity index (χ0n) is 14.4. The molecule has 1 aromatic rings. The molecule has 0 unspecified atom stereocenters. The predicted molar refractivity (Wildman–Crippen MR) is 91.4 cm³/mol. The lowest BCUT2D eigenvalue weighted by Gasteiger charge is -2.44. The highest BCUT2D eigenvalue weighted by Gasteiger charge is 2.41. The average Bonchev–Trinajstić information content (AvgIpc) is 2.55. The minimum absolute atomic E-state index is 0.214. The Hall–Kier alpha value is -1.32. The Morgan fingerprint density at radius 3 is 2.65 bits per heavy atom. The maximum atomic E-state index is 10.5. The van der Waals surface area contributed by atoms with E-state index in [-0.39, 0.29) is 12.2 Å². The van der Waals surface area contributed by atoms with Crippen LogP contribution in [0.1, 0.15) is 45.1 Å². The summed E-state index contributed by atoms with van der Waals surface area (Å²) in [7, 11) is 1.68. The number of rotatable bonds is 4. The highest BCUT2D eigenvalue weighted by atomic mass is 16.5. The van der Waals surface area contributed by atoms with Gasteiger partial charge in [-0.25, -0.2) is 0 Å². The van der Waals surface area contributed by atoms with Gasteiger partial charge in [-0.05, 0) is 61.8 Å². The van der Waals surface area contributed by atoms with E-state index in [1.807, 2.05) is 12.1 Å². The van der Waals surface area contributed by atoms with Crippen LogP contribution in [0, 0.1) is 11.8 Å². The lowest BCUT2D eigenvalue weighted by molar-refractivity contribution is -0.0610. The topological polar surface area (TPSA) is 38.7 Å². The number of aliphatic hydroxyl groups excluding tert-OH is 1. The first kappa shape index (κ1) is 16.5. The van der Waals surface area contributed by atoms with Gasteiger partial charge in [0.25, 0.3) is 0 Å². The van der Waals surface area contributed by atoms with Gasteiger partial charge in [0.05, 0.1) is 25.9 Å². The summed E-state index contributed by atoms with van der Waals surface area (Å²) in [6.45, 7) is 5.02. The Bertz CT molecular complexity index is 561. The largest absolute Gasteiger partial charge is 0.497 e. The van der Waals surface area contributed by atoms with E-state index in [0.717, 1.165) is 25.0 Å². The molecule has 1 N–H and O–H groups in total. The molecule has 126 valence electrons. The maximum Gasteiger partial charge on any atom is 0.118 e. The highest BCUT2D eigenvalue weighted by molar-refractivity contribution is 5.28. The van der Waals surface area contributed by atoms with Crippen LogP contribution in [0.4, 0.5) is 0 Å². The highest BCUT2D eigenvalue weighted by Crippen LogP contribution is 2.44. The molecule has 3 heteroatoms. The smallest absolute Gasteiger partial charge is 0.118 e. The van der Waals surface area contributed by atoms with Gasteiger partial charge in [-0.3, -0.25) is 0 Å². The van der Waals surface area contributed by atoms with E-state index < -0.39 is 0 Å². The second-order valence-corrected chi connectivity index (χ2v) is 7.09. The average molecular weight is 316 g/mol. The Morgan fingerprint density at radius 1 is 1.22 bits per heavy atom. The van der Waals surface area contributed by atoms with Gasteiger partial charge in [-0.1, -0.05) is 24.6 Å². The first-order valence-corrected chi connectivity index (χ1v) is 8.72. The van der Waals surface area contributed by atoms with E-state index in [9.17, 15) is 5.11 Å². The molecule has 1 fully saturated rings. The van der Waals surface area contributed by atoms with Crippen molar-refractivity contribution in [2.75, 3.05) is 7.11 Å². The molecule has 3 nitrogen and oxygen atoms in total. The van der Waals surface area contributed by atoms with Crippen LogP contribution in [0.25, 0.3) is 0 Å². The van der Waals surface area contributed by atoms with Crippen molar-refractivity contribution in [2.45, 2.75) is 58.3 Å². The van der Waals surface area contributed by atoms with Crippen LogP contribution >= 0.6 is 0 Å². The van der Waals surface area contributed by atoms with Crippen LogP contribution in [0.15, 0.2) is 35.4 Å². The lowest BCUT2D eigenvalue weighted by atomic mass is 9.68. The van der Waals surface area contributed by atoms with Gasteiger partial charge in [0.15, 0.2) is 0 Å². The van der Waals surface area contributed by atoms with Gasteiger partial charge in [0.1, 0.15) is 5.75 Å². The number of ether oxygens (including phenoxy) is 2. The van der Waals surface area contributed by atoms with Crippen molar-refractivity contribution in [3.05, 3.63) is 41.0 Å². The molecule has 0 aromatic heterocycles. The predicted octanol–water partition coefficient (Wildman–Crippen LogP) is 4.10. The summed E-state index contributed by atoms with van der Waals surface area (Å²) in [5, 5.41) is 10.5. The summed E-state index contributed by atoms with van der Waals surface area (Å²) < 4.78 is 11.5. The summed E-state index contributed by atoms with van der Waals surface area (Å²) in [5.41, 5.74) is 3.83. The second-order valence-electron chi connectivity index (χ2n) is 7.09. The number of allylic oxidation sites excluding steroid dienone is 1. The molecule has 0 amide bonds. The molecule has 0 heterocycles. The molecule has 0 aliphatic heterocycles. The van der Waals surface area contributed by atoms with E-state index in [4.69, 9.17) is 9.47 Å². The molecule has 1 aromatic carbocycles. The van der Waals surface area contributed by atoms with E-state index in [1.54, 1.807) is 7.11 Å². The summed E-state index contributed by atoms with van der Waals surface area (Å²) in [6.07, 6.45) is 4.24. The number of hydrogen-bond donors (Lipinski definition) is 1. The molecule has 1 saturated carbocycles. The van der Waals surface area contributed by atoms with Gasteiger partial charge in [-0.15, -0.1) is 0 Å². The molecule has 0 spiro atoms. The van der Waals surface area contributed by atoms with Gasteiger partial charge in [-0.2, -0.15) is 0 Å². The monoisotopic (exact) mass is 316 g/mol. The molecular weight excluding hydrogens is 288 g/mol. The Kier molecular flexibility index (Phi) is 5.08. The third-order valence-corrected chi connectivity index (χ3v) is 5.47. The minimum Gasteiger partial charge on any atom is -0.497 e. The third kappa shape index (κ3) is 3.46. The standard InChI is InChI=1S/C20H28O3/c1-13-5-4-6-17-19(13)18(21)11-14(2)20(17)23-12-15-7-9-16(22-3)10-8-15/h7-10,14,17-18,20-21H,4-6,11-12H2,1-3H3/t14-,17-,18-,20-/m1/s1. The van der Waals surface area contributed by atoms with Crippen LogP contribution in [-0.2, 0) is 11.3 Å². The summed E-state index contributed by atoms with van der Waals surface area (Å²) in [5.74, 6) is 1.65. The SMILES string of the molecule is COc1ccc(CO[C@@H]2[C@H](C)C[C@@H](O)C3=C(C)CCC[C@H]32)cc1. The quantitative estimate of drug-likeness (QED) is 0.850. The Labute approximate surface area is 139 Å². The molecular formula is C20H28O3. The van der Waals surface area contributed by atoms with Crippen LogP contribution in [0.5, 0.6) is 5.75 Å². The Balaban J connectivity index is 1.71. The van der Waals surface area contributed by atoms with E-state index in [2.05, 4.69) is 26.0 Å². The fourth-order valence-corrected chi connectivity index (χ4v) is 4.28. The zero-order chi connectivity index (χ0) is 16.4. The van der Waals surface area contributed by atoms with Crippen molar-refractivity contribution < 1.29 is 14.6 Å². The second kappa shape index (κ2) is 7.06. The Morgan fingerprint density at radius 2 is 1.96 bits per heavy atom. The number of methoxy groups -OCH3 is 1. The summed E-state index contributed by atoms with van der Waals surface area (Å²) in [6, 6.07) is 8.07. The first-order chi connectivity index (χ1) is 11.1. The number of hydrogen-bond acceptors (Lipinski definition) is 3. The van der Waals surface area contributed by atoms with E-state index >= 15 is 0 Å². The normalized spacial score (nSPS) is 31.0. The van der Waals surface area contributed by atoms with E-state index in [0.29, 0.717) is 18.4 Å². The number of benzene rings is 1. The molecule has 0 radical (unpaired) electrons. The molecule has 4 atom stereocenters. The first-order valence-electron chi connectivity index (χ1n) is 8.72. The van der Waals surface area contributed by atoms with Crippen molar-refractivity contribution in [3.63, 3.8) is 0 Å². The van der Waals surface area contributed by atoms with Crippen molar-refractivity contribution in [2.24, 2.45) is 11.8 Å². The van der Waals surface area contributed by atoms with Crippen molar-refractivity contribution in [1.82, 2.24) is 0 Å². The summed E-state index contributed by atoms with van der Waals surface area (Å²) in [4.78, 5) is 0. The molecule has 23 heavy (non-hydrogen) atoms. The fraction of sp³-hybridized carbons (Fsp3) is 0.600. The van der Waals surface area contributed by atoms with Crippen molar-refractivity contribution >= 4 is 0 Å². The van der Waals surface area contributed by atoms with Crippen LogP contribution in [0.2, 0.25) is 0 Å². The van der Waals surface area contributed by atoms with Gasteiger partial charge in [0.2, 0.25) is 0 Å². The van der Waals surface area contributed by atoms with Gasteiger partial charge in [0, 0.05) is 5.92 Å².